The Labute approximate surface area is 147 Å². The molecule has 0 aromatic carbocycles. The fourth-order valence-corrected chi connectivity index (χ4v) is 0.639. The van der Waals surface area contributed by atoms with Gasteiger partial charge in [-0.1, -0.05) is 0 Å². The quantitative estimate of drug-likeness (QED) is 0.171. The Bertz CT molecular complexity index is 565. The van der Waals surface area contributed by atoms with Gasteiger partial charge < -0.3 is 30.6 Å². The molecule has 0 saturated carbocycles. The van der Waals surface area contributed by atoms with E-state index in [2.05, 4.69) is 0 Å². The van der Waals surface area contributed by atoms with Gasteiger partial charge >= 0.3 is 35.8 Å². The molecular weight excluding hydrogens is 384 g/mol. The van der Waals surface area contributed by atoms with Crippen molar-refractivity contribution in [1.29, 1.82) is 0 Å². The van der Waals surface area contributed by atoms with Crippen LogP contribution in [0.3, 0.4) is 0 Å². The first-order valence-corrected chi connectivity index (χ1v) is 6.05. The highest BCUT2D eigenvalue weighted by atomic mass is 16.4. The van der Waals surface area contributed by atoms with E-state index in [1.165, 1.54) is 0 Å². The van der Waals surface area contributed by atoms with Crippen molar-refractivity contribution in [3.63, 3.8) is 0 Å². The Kier molecular flexibility index (Phi) is 14.5. The Morgan fingerprint density at radius 1 is 0.370 bits per heavy atom. The van der Waals surface area contributed by atoms with Gasteiger partial charge in [-0.3, -0.25) is 28.8 Å². The Morgan fingerprint density at radius 3 is 0.556 bits per heavy atom. The summed E-state index contributed by atoms with van der Waals surface area (Å²) >= 11 is 0. The number of carbonyl (C=O) groups is 9. The van der Waals surface area contributed by atoms with Crippen molar-refractivity contribution in [3.8, 4) is 0 Å². The smallest absolute Gasteiger partial charge is 0.372 e. The van der Waals surface area contributed by atoms with Crippen LogP contribution in [0.15, 0.2) is 0 Å². The van der Waals surface area contributed by atoms with Crippen LogP contribution in [-0.4, -0.2) is 83.8 Å². The number of hydrogen-bond donors (Lipinski definition) is 6. The lowest BCUT2D eigenvalue weighted by atomic mass is 10.3. The van der Waals surface area contributed by atoms with E-state index in [-0.39, 0.29) is 0 Å². The summed E-state index contributed by atoms with van der Waals surface area (Å²) in [5.74, 6) is -13.3. The fourth-order valence-electron chi connectivity index (χ4n) is 0.639. The molecule has 0 saturated heterocycles. The number of ketones is 3. The third-order valence-corrected chi connectivity index (χ3v) is 1.65. The third kappa shape index (κ3) is 21.8. The largest absolute Gasteiger partial charge is 0.481 e. The van der Waals surface area contributed by atoms with Gasteiger partial charge in [-0.25, -0.2) is 14.4 Å². The number of rotatable bonds is 9. The van der Waals surface area contributed by atoms with Gasteiger partial charge in [0.1, 0.15) is 19.3 Å². The molecule has 0 spiro atoms. The molecule has 0 bridgehead atoms. The predicted molar refractivity (Wildman–Crippen MR) is 74.7 cm³/mol. The van der Waals surface area contributed by atoms with Crippen LogP contribution < -0.4 is 0 Å². The van der Waals surface area contributed by atoms with Gasteiger partial charge in [-0.2, -0.15) is 0 Å². The second kappa shape index (κ2) is 14.2. The molecule has 0 atom stereocenters. The molecule has 0 aromatic heterocycles. The number of hydrogen-bond acceptors (Lipinski definition) is 9. The highest BCUT2D eigenvalue weighted by Crippen LogP contribution is 1.82. The average Bonchev–Trinajstić information content (AvgIpc) is 2.46. The lowest BCUT2D eigenvalue weighted by molar-refractivity contribution is -0.152. The van der Waals surface area contributed by atoms with E-state index in [4.69, 9.17) is 30.6 Å². The Hall–Kier alpha value is -4.17. The monoisotopic (exact) mass is 396 g/mol. The molecule has 0 aliphatic carbocycles. The van der Waals surface area contributed by atoms with Crippen LogP contribution in [0.25, 0.3) is 0 Å². The molecule has 150 valence electrons. The number of carboxylic acids is 6. The van der Waals surface area contributed by atoms with Crippen LogP contribution in [0, 0.1) is 0 Å². The second-order valence-electron chi connectivity index (χ2n) is 3.90. The summed E-state index contributed by atoms with van der Waals surface area (Å²) in [5, 5.41) is 47.0. The zero-order valence-corrected chi connectivity index (χ0v) is 13.0. The van der Waals surface area contributed by atoms with Crippen LogP contribution in [-0.2, 0) is 43.2 Å². The summed E-state index contributed by atoms with van der Waals surface area (Å²) in [7, 11) is 0. The highest BCUT2D eigenvalue weighted by Gasteiger charge is 2.15. The lowest BCUT2D eigenvalue weighted by Crippen LogP contribution is -2.16. The molecule has 0 aliphatic heterocycles. The molecule has 0 amide bonds. The maximum atomic E-state index is 9.97. The Balaban J connectivity index is -0.000000320. The molecule has 0 rings (SSSR count). The summed E-state index contributed by atoms with van der Waals surface area (Å²) in [4.78, 5) is 87.7. The summed E-state index contributed by atoms with van der Waals surface area (Å²) < 4.78 is 0. The van der Waals surface area contributed by atoms with Gasteiger partial charge in [0, 0.05) is 0 Å². The molecule has 15 heteroatoms. The maximum Gasteiger partial charge on any atom is 0.372 e. The van der Waals surface area contributed by atoms with Crippen LogP contribution in [0.2, 0.25) is 0 Å². The van der Waals surface area contributed by atoms with Crippen molar-refractivity contribution in [2.45, 2.75) is 19.3 Å². The normalized spacial score (nSPS) is 8.44. The van der Waals surface area contributed by atoms with Gasteiger partial charge in [0.05, 0.1) is 0 Å². The minimum atomic E-state index is -1.71. The zero-order valence-electron chi connectivity index (χ0n) is 13.0. The minimum absolute atomic E-state index is 0.949. The van der Waals surface area contributed by atoms with Crippen LogP contribution in [0.5, 0.6) is 0 Å². The van der Waals surface area contributed by atoms with E-state index >= 15 is 0 Å². The van der Waals surface area contributed by atoms with Gasteiger partial charge in [0.2, 0.25) is 0 Å². The van der Waals surface area contributed by atoms with Gasteiger partial charge in [0.15, 0.2) is 0 Å². The van der Waals surface area contributed by atoms with Crippen LogP contribution in [0.1, 0.15) is 19.3 Å². The third-order valence-electron chi connectivity index (χ3n) is 1.65. The molecular formula is C12H12O15. The number of Topliss-reactive ketones (excluding diaryl/α,β-unsaturated/α-hetero) is 3. The second-order valence-corrected chi connectivity index (χ2v) is 3.90. The molecule has 0 aliphatic rings. The number of carboxylic acid groups (broad SMARTS) is 6. The van der Waals surface area contributed by atoms with E-state index in [0.717, 1.165) is 0 Å². The van der Waals surface area contributed by atoms with Gasteiger partial charge in [-0.15, -0.1) is 0 Å². The summed E-state index contributed by atoms with van der Waals surface area (Å²) in [6.45, 7) is 0. The van der Waals surface area contributed by atoms with Crippen molar-refractivity contribution in [3.05, 3.63) is 0 Å². The fraction of sp³-hybridized carbons (Fsp3) is 0.250. The standard InChI is InChI=1S/3C4H4O5/c3*5-2(4(8)9)1-3(6)7/h3*1H2,(H,6,7)(H,8,9). The topological polar surface area (TPSA) is 275 Å². The molecule has 0 radical (unpaired) electrons. The van der Waals surface area contributed by atoms with E-state index in [1.54, 1.807) is 0 Å². The summed E-state index contributed by atoms with van der Waals surface area (Å²) in [6.07, 6.45) is -2.85. The maximum absolute atomic E-state index is 9.97. The first-order chi connectivity index (χ1) is 12.1. The van der Waals surface area contributed by atoms with Gasteiger partial charge in [-0.05, 0) is 0 Å². The zero-order chi connectivity index (χ0) is 22.3. The van der Waals surface area contributed by atoms with Crippen molar-refractivity contribution >= 4 is 53.2 Å². The molecule has 0 fully saturated rings. The van der Waals surface area contributed by atoms with Crippen molar-refractivity contribution < 1.29 is 73.8 Å². The van der Waals surface area contributed by atoms with Crippen LogP contribution >= 0.6 is 0 Å². The first-order valence-electron chi connectivity index (χ1n) is 6.05. The lowest BCUT2D eigenvalue weighted by Gasteiger charge is -1.85. The SMILES string of the molecule is O=C(O)CC(=O)C(=O)O.O=C(O)CC(=O)C(=O)O.O=C(O)CC(=O)C(=O)O. The predicted octanol–water partition coefficient (Wildman–Crippen LogP) is -2.66. The van der Waals surface area contributed by atoms with E-state index in [1.807, 2.05) is 0 Å². The van der Waals surface area contributed by atoms with Crippen LogP contribution in [0.4, 0.5) is 0 Å². The molecule has 27 heavy (non-hydrogen) atoms. The van der Waals surface area contributed by atoms with Crippen molar-refractivity contribution in [2.24, 2.45) is 0 Å². The van der Waals surface area contributed by atoms with E-state index < -0.39 is 72.4 Å². The van der Waals surface area contributed by atoms with E-state index in [9.17, 15) is 43.2 Å². The summed E-state index contributed by atoms with van der Waals surface area (Å²) in [6, 6.07) is 0. The first kappa shape index (κ1) is 27.7. The Morgan fingerprint density at radius 2 is 0.519 bits per heavy atom. The molecule has 0 heterocycles. The summed E-state index contributed by atoms with van der Waals surface area (Å²) in [5.41, 5.74) is 0. The molecule has 15 nitrogen and oxygen atoms in total. The number of carbonyl (C=O) groups excluding carboxylic acids is 3. The molecule has 0 unspecified atom stereocenters. The van der Waals surface area contributed by atoms with Crippen molar-refractivity contribution in [1.82, 2.24) is 0 Å². The number of aliphatic carboxylic acids is 6. The minimum Gasteiger partial charge on any atom is -0.481 e. The molecule has 6 N–H and O–H groups in total. The van der Waals surface area contributed by atoms with Crippen molar-refractivity contribution in [2.75, 3.05) is 0 Å². The molecule has 0 aromatic rings. The van der Waals surface area contributed by atoms with E-state index in [0.29, 0.717) is 0 Å². The van der Waals surface area contributed by atoms with Gasteiger partial charge in [0.25, 0.3) is 17.3 Å². The highest BCUT2D eigenvalue weighted by molar-refractivity contribution is 6.36. The average molecular weight is 396 g/mol.